The van der Waals surface area contributed by atoms with E-state index in [0.717, 1.165) is 36.9 Å². The summed E-state index contributed by atoms with van der Waals surface area (Å²) in [4.78, 5) is 23.8. The lowest BCUT2D eigenvalue weighted by atomic mass is 10.1. The van der Waals surface area contributed by atoms with Crippen LogP contribution in [-0.2, 0) is 16.0 Å². The van der Waals surface area contributed by atoms with Crippen molar-refractivity contribution in [3.63, 3.8) is 0 Å². The number of carboxylic acid groups (broad SMARTS) is 2. The van der Waals surface area contributed by atoms with Crippen molar-refractivity contribution in [2.75, 3.05) is 18.4 Å². The minimum atomic E-state index is -1.82. The molecule has 1 aliphatic heterocycles. The van der Waals surface area contributed by atoms with Crippen LogP contribution in [0, 0.1) is 0 Å². The first-order chi connectivity index (χ1) is 13.3. The van der Waals surface area contributed by atoms with E-state index in [1.165, 1.54) is 10.4 Å². The summed E-state index contributed by atoms with van der Waals surface area (Å²) < 4.78 is 5.71. The van der Waals surface area contributed by atoms with E-state index in [1.54, 1.807) is 11.3 Å². The van der Waals surface area contributed by atoms with E-state index in [9.17, 15) is 0 Å². The average molecular weight is 405 g/mol. The lowest BCUT2D eigenvalue weighted by Gasteiger charge is -2.07. The van der Waals surface area contributed by atoms with Gasteiger partial charge in [-0.1, -0.05) is 12.1 Å². The van der Waals surface area contributed by atoms with Gasteiger partial charge >= 0.3 is 11.9 Å². The summed E-state index contributed by atoms with van der Waals surface area (Å²) in [6.07, 6.45) is 1.16. The Morgan fingerprint density at radius 2 is 1.93 bits per heavy atom. The first-order valence-corrected chi connectivity index (χ1v) is 9.56. The van der Waals surface area contributed by atoms with Crippen molar-refractivity contribution < 1.29 is 24.5 Å². The molecule has 2 aromatic rings. The number of hydrogen-bond acceptors (Lipinski definition) is 7. The summed E-state index contributed by atoms with van der Waals surface area (Å²) in [6.45, 7) is 5.86. The van der Waals surface area contributed by atoms with Gasteiger partial charge < -0.3 is 25.6 Å². The molecule has 2 heterocycles. The number of anilines is 1. The summed E-state index contributed by atoms with van der Waals surface area (Å²) in [5.74, 6) is -1.81. The zero-order valence-corrected chi connectivity index (χ0v) is 16.5. The number of aliphatic carboxylic acids is 2. The minimum absolute atomic E-state index is 0.222. The highest BCUT2D eigenvalue weighted by molar-refractivity contribution is 7.10. The third-order valence-electron chi connectivity index (χ3n) is 3.45. The van der Waals surface area contributed by atoms with E-state index in [4.69, 9.17) is 24.5 Å². The minimum Gasteiger partial charge on any atom is -0.490 e. The van der Waals surface area contributed by atoms with Gasteiger partial charge in [0.25, 0.3) is 0 Å². The fourth-order valence-electron chi connectivity index (χ4n) is 2.31. The Kier molecular flexibility index (Phi) is 7.82. The standard InChI is InChI=1S/C17H21N3OS.C2H2O4/c1-12(2)21-15-10-16(22-11-15)9-13-3-5-14(6-4-13)20-17-18-7-8-19-17;3-1(4)2(5)6/h3-6,10-12H,7-9H2,1-2H3,(H2,18,19,20);(H,3,4)(H,5,6). The van der Waals surface area contributed by atoms with E-state index >= 15 is 0 Å². The highest BCUT2D eigenvalue weighted by atomic mass is 32.1. The Hall–Kier alpha value is -3.07. The van der Waals surface area contributed by atoms with Gasteiger partial charge in [0.15, 0.2) is 5.96 Å². The molecule has 3 rings (SSSR count). The molecule has 28 heavy (non-hydrogen) atoms. The molecule has 0 unspecified atom stereocenters. The van der Waals surface area contributed by atoms with Crippen molar-refractivity contribution in [2.45, 2.75) is 26.4 Å². The number of guanidine groups is 1. The molecule has 0 spiro atoms. The van der Waals surface area contributed by atoms with Gasteiger partial charge in [0, 0.05) is 28.9 Å². The second-order valence-electron chi connectivity index (χ2n) is 6.18. The number of carbonyl (C=O) groups is 2. The van der Waals surface area contributed by atoms with Gasteiger partial charge in [-0.05, 0) is 37.6 Å². The van der Waals surface area contributed by atoms with Crippen molar-refractivity contribution in [1.29, 1.82) is 0 Å². The lowest BCUT2D eigenvalue weighted by molar-refractivity contribution is -0.159. The number of aliphatic imine (C=N–C) groups is 1. The molecule has 0 bridgehead atoms. The molecule has 0 amide bonds. The molecule has 8 nitrogen and oxygen atoms in total. The molecule has 0 aliphatic carbocycles. The number of rotatable bonds is 5. The summed E-state index contributed by atoms with van der Waals surface area (Å²) in [5.41, 5.74) is 2.36. The Balaban J connectivity index is 0.000000409. The van der Waals surface area contributed by atoms with E-state index in [2.05, 4.69) is 51.3 Å². The molecular weight excluding hydrogens is 382 g/mol. The smallest absolute Gasteiger partial charge is 0.414 e. The maximum atomic E-state index is 9.10. The molecule has 0 atom stereocenters. The monoisotopic (exact) mass is 405 g/mol. The van der Waals surface area contributed by atoms with E-state index in [1.807, 2.05) is 13.8 Å². The topological polar surface area (TPSA) is 120 Å². The number of benzene rings is 1. The van der Waals surface area contributed by atoms with Crippen molar-refractivity contribution in [1.82, 2.24) is 5.32 Å². The van der Waals surface area contributed by atoms with Crippen molar-refractivity contribution >= 4 is 34.9 Å². The van der Waals surface area contributed by atoms with Gasteiger partial charge in [-0.2, -0.15) is 0 Å². The number of nitrogens with zero attached hydrogens (tertiary/aromatic N) is 1. The van der Waals surface area contributed by atoms with Crippen LogP contribution in [0.15, 0.2) is 40.7 Å². The molecule has 0 saturated carbocycles. The maximum absolute atomic E-state index is 9.10. The zero-order valence-electron chi connectivity index (χ0n) is 15.6. The van der Waals surface area contributed by atoms with Gasteiger partial charge in [0.1, 0.15) is 5.75 Å². The fraction of sp³-hybridized carbons (Fsp3) is 0.316. The third-order valence-corrected chi connectivity index (χ3v) is 4.37. The van der Waals surface area contributed by atoms with Crippen LogP contribution in [0.5, 0.6) is 5.75 Å². The predicted octanol–water partition coefficient (Wildman–Crippen LogP) is 2.65. The summed E-state index contributed by atoms with van der Waals surface area (Å²) in [7, 11) is 0. The molecule has 1 aromatic carbocycles. The number of nitrogens with one attached hydrogen (secondary N) is 2. The predicted molar refractivity (Wildman–Crippen MR) is 109 cm³/mol. The quantitative estimate of drug-likeness (QED) is 0.565. The summed E-state index contributed by atoms with van der Waals surface area (Å²) in [6, 6.07) is 10.6. The third kappa shape index (κ3) is 7.28. The molecule has 0 saturated heterocycles. The zero-order chi connectivity index (χ0) is 20.5. The van der Waals surface area contributed by atoms with E-state index in [-0.39, 0.29) is 6.10 Å². The molecule has 0 fully saturated rings. The number of carboxylic acids is 2. The SMILES string of the molecule is CC(C)Oc1csc(Cc2ccc(NC3=NCCN3)cc2)c1.O=C(O)C(=O)O. The Morgan fingerprint density at radius 3 is 2.46 bits per heavy atom. The number of thiophene rings is 1. The van der Waals surface area contributed by atoms with Crippen molar-refractivity contribution in [2.24, 2.45) is 4.99 Å². The highest BCUT2D eigenvalue weighted by Crippen LogP contribution is 2.25. The number of hydrogen-bond donors (Lipinski definition) is 4. The van der Waals surface area contributed by atoms with Crippen LogP contribution in [0.4, 0.5) is 5.69 Å². The van der Waals surface area contributed by atoms with Crippen LogP contribution in [0.25, 0.3) is 0 Å². The Labute approximate surface area is 166 Å². The first-order valence-electron chi connectivity index (χ1n) is 8.68. The van der Waals surface area contributed by atoms with Crippen LogP contribution in [0.1, 0.15) is 24.3 Å². The Morgan fingerprint density at radius 1 is 1.25 bits per heavy atom. The maximum Gasteiger partial charge on any atom is 0.414 e. The van der Waals surface area contributed by atoms with Gasteiger partial charge in [0.05, 0.1) is 12.6 Å². The van der Waals surface area contributed by atoms with Gasteiger partial charge in [-0.3, -0.25) is 4.99 Å². The molecule has 4 N–H and O–H groups in total. The molecule has 1 aromatic heterocycles. The summed E-state index contributed by atoms with van der Waals surface area (Å²) >= 11 is 1.75. The van der Waals surface area contributed by atoms with Crippen molar-refractivity contribution in [3.05, 3.63) is 46.2 Å². The first kappa shape index (κ1) is 21.2. The average Bonchev–Trinajstić information content (AvgIpc) is 3.29. The Bertz CT molecular complexity index is 818. The van der Waals surface area contributed by atoms with Crippen LogP contribution in [0.2, 0.25) is 0 Å². The van der Waals surface area contributed by atoms with Gasteiger partial charge in [0.2, 0.25) is 0 Å². The largest absolute Gasteiger partial charge is 0.490 e. The van der Waals surface area contributed by atoms with Gasteiger partial charge in [-0.15, -0.1) is 11.3 Å². The number of ether oxygens (including phenoxy) is 1. The molecule has 0 radical (unpaired) electrons. The summed E-state index contributed by atoms with van der Waals surface area (Å²) in [5, 5.41) is 23.3. The second-order valence-corrected chi connectivity index (χ2v) is 7.18. The molecular formula is C19H23N3O5S. The van der Waals surface area contributed by atoms with Crippen LogP contribution in [0.3, 0.4) is 0 Å². The second kappa shape index (κ2) is 10.3. The molecule has 150 valence electrons. The molecule has 1 aliphatic rings. The van der Waals surface area contributed by atoms with E-state index < -0.39 is 11.9 Å². The molecule has 9 heteroatoms. The highest BCUT2D eigenvalue weighted by Gasteiger charge is 2.06. The lowest BCUT2D eigenvalue weighted by Crippen LogP contribution is -2.26. The fourth-order valence-corrected chi connectivity index (χ4v) is 3.14. The van der Waals surface area contributed by atoms with Crippen LogP contribution >= 0.6 is 11.3 Å². The van der Waals surface area contributed by atoms with E-state index in [0.29, 0.717) is 0 Å². The normalized spacial score (nSPS) is 12.5. The van der Waals surface area contributed by atoms with Crippen LogP contribution in [-0.4, -0.2) is 47.3 Å². The van der Waals surface area contributed by atoms with Crippen molar-refractivity contribution in [3.8, 4) is 5.75 Å². The van der Waals surface area contributed by atoms with Gasteiger partial charge in [-0.25, -0.2) is 9.59 Å². The van der Waals surface area contributed by atoms with Crippen LogP contribution < -0.4 is 15.4 Å².